The van der Waals surface area contributed by atoms with Crippen LogP contribution in [0.5, 0.6) is 0 Å². The van der Waals surface area contributed by atoms with Crippen LogP contribution in [-0.4, -0.2) is 35.0 Å². The second-order valence-electron chi connectivity index (χ2n) is 6.84. The van der Waals surface area contributed by atoms with Crippen LogP contribution in [0.4, 0.5) is 0 Å². The molecule has 1 amide bonds. The van der Waals surface area contributed by atoms with Gasteiger partial charge in [-0.1, -0.05) is 36.4 Å². The maximum absolute atomic E-state index is 13.2. The van der Waals surface area contributed by atoms with Crippen molar-refractivity contribution in [1.82, 2.24) is 9.47 Å². The van der Waals surface area contributed by atoms with Crippen molar-refractivity contribution in [3.05, 3.63) is 71.4 Å². The van der Waals surface area contributed by atoms with E-state index in [-0.39, 0.29) is 11.9 Å². The van der Waals surface area contributed by atoms with Crippen molar-refractivity contribution in [1.29, 1.82) is 0 Å². The Morgan fingerprint density at radius 1 is 1.07 bits per heavy atom. The first-order valence-electron chi connectivity index (χ1n) is 9.10. The zero-order valence-corrected chi connectivity index (χ0v) is 15.7. The van der Waals surface area contributed by atoms with E-state index in [9.17, 15) is 9.59 Å². The average molecular weight is 362 g/mol. The Bertz CT molecular complexity index is 1040. The number of carbonyl (C=O) groups is 2. The van der Waals surface area contributed by atoms with Gasteiger partial charge in [-0.3, -0.25) is 9.59 Å². The molecule has 2 aromatic carbocycles. The van der Waals surface area contributed by atoms with E-state index in [1.165, 1.54) is 7.11 Å². The largest absolute Gasteiger partial charge is 0.468 e. The van der Waals surface area contributed by atoms with Crippen molar-refractivity contribution in [3.63, 3.8) is 0 Å². The Morgan fingerprint density at radius 3 is 2.52 bits per heavy atom. The summed E-state index contributed by atoms with van der Waals surface area (Å²) in [4.78, 5) is 27.8. The molecular formula is C22H22N2O3. The molecule has 0 spiro atoms. The van der Waals surface area contributed by atoms with Crippen LogP contribution in [0.1, 0.15) is 40.4 Å². The highest BCUT2D eigenvalue weighted by Crippen LogP contribution is 2.45. The van der Waals surface area contributed by atoms with Gasteiger partial charge in [0.2, 0.25) is 0 Å². The smallest absolute Gasteiger partial charge is 0.315 e. The number of carbonyl (C=O) groups excluding carboxylic acids is 2. The summed E-state index contributed by atoms with van der Waals surface area (Å²) in [6, 6.07) is 15.0. The summed E-state index contributed by atoms with van der Waals surface area (Å²) >= 11 is 0. The van der Waals surface area contributed by atoms with Crippen molar-refractivity contribution in [3.8, 4) is 0 Å². The Morgan fingerprint density at radius 2 is 1.78 bits per heavy atom. The molecule has 138 valence electrons. The molecular weight excluding hydrogens is 340 g/mol. The number of amides is 1. The zero-order chi connectivity index (χ0) is 19.1. The zero-order valence-electron chi connectivity index (χ0n) is 15.7. The molecule has 0 aliphatic carbocycles. The summed E-state index contributed by atoms with van der Waals surface area (Å²) in [7, 11) is 3.38. The Hall–Kier alpha value is -3.08. The second kappa shape index (κ2) is 6.58. The maximum atomic E-state index is 13.2. The first-order chi connectivity index (χ1) is 13.1. The molecule has 0 fully saturated rings. The summed E-state index contributed by atoms with van der Waals surface area (Å²) in [5, 5.41) is 1.05. The molecule has 4 rings (SSSR count). The van der Waals surface area contributed by atoms with E-state index in [2.05, 4.69) is 0 Å². The van der Waals surface area contributed by atoms with Gasteiger partial charge < -0.3 is 14.2 Å². The molecule has 0 N–H and O–H groups in total. The average Bonchev–Trinajstić information content (AvgIpc) is 3.04. The van der Waals surface area contributed by atoms with Crippen LogP contribution in [-0.2, 0) is 16.6 Å². The number of nitrogens with zero attached hydrogens (tertiary/aromatic N) is 2. The van der Waals surface area contributed by atoms with Gasteiger partial charge in [0, 0.05) is 41.8 Å². The van der Waals surface area contributed by atoms with E-state index >= 15 is 0 Å². The highest BCUT2D eigenvalue weighted by atomic mass is 16.5. The fraction of sp³-hybridized carbons (Fsp3) is 0.273. The highest BCUT2D eigenvalue weighted by Gasteiger charge is 2.45. The van der Waals surface area contributed by atoms with Crippen LogP contribution in [0.3, 0.4) is 0 Å². The van der Waals surface area contributed by atoms with Crippen molar-refractivity contribution >= 4 is 22.8 Å². The standard InChI is InChI=1S/C22H22N2O3/c1-4-24-20(17-13-23(2)18-12-8-7-9-14(17)18)19(22(26)27-3)15-10-5-6-11-16(15)21(24)25/h5-13,19-20H,4H2,1-3H3/t19-,20+/m1/s1. The molecule has 1 aromatic heterocycles. The number of aromatic nitrogens is 1. The van der Waals surface area contributed by atoms with Gasteiger partial charge in [-0.2, -0.15) is 0 Å². The number of benzene rings is 2. The second-order valence-corrected chi connectivity index (χ2v) is 6.84. The third-order valence-corrected chi connectivity index (χ3v) is 5.48. The van der Waals surface area contributed by atoms with Gasteiger partial charge in [0.25, 0.3) is 5.91 Å². The molecule has 5 heteroatoms. The number of ether oxygens (including phenoxy) is 1. The number of likely N-dealkylation sites (N-methyl/N-ethyl adjacent to an activating group) is 1. The van der Waals surface area contributed by atoms with Crippen LogP contribution in [0.25, 0.3) is 10.9 Å². The summed E-state index contributed by atoms with van der Waals surface area (Å²) in [5.41, 5.74) is 3.34. The van der Waals surface area contributed by atoms with Gasteiger partial charge in [-0.25, -0.2) is 0 Å². The van der Waals surface area contributed by atoms with E-state index < -0.39 is 12.0 Å². The Kier molecular flexibility index (Phi) is 4.22. The first kappa shape index (κ1) is 17.3. The van der Waals surface area contributed by atoms with E-state index in [1.54, 1.807) is 11.0 Å². The third kappa shape index (κ3) is 2.53. The number of esters is 1. The van der Waals surface area contributed by atoms with Gasteiger partial charge in [0.15, 0.2) is 0 Å². The van der Waals surface area contributed by atoms with Crippen molar-refractivity contribution in [2.24, 2.45) is 7.05 Å². The molecule has 3 aromatic rings. The maximum Gasteiger partial charge on any atom is 0.315 e. The van der Waals surface area contributed by atoms with Gasteiger partial charge in [-0.15, -0.1) is 0 Å². The predicted molar refractivity (Wildman–Crippen MR) is 104 cm³/mol. The Balaban J connectivity index is 2.01. The number of methoxy groups -OCH3 is 1. The van der Waals surface area contributed by atoms with Gasteiger partial charge >= 0.3 is 5.97 Å². The molecule has 1 aliphatic heterocycles. The molecule has 0 saturated carbocycles. The molecule has 0 saturated heterocycles. The minimum atomic E-state index is -0.561. The lowest BCUT2D eigenvalue weighted by molar-refractivity contribution is -0.144. The van der Waals surface area contributed by atoms with E-state index in [4.69, 9.17) is 4.74 Å². The normalized spacial score (nSPS) is 19.2. The minimum Gasteiger partial charge on any atom is -0.468 e. The lowest BCUT2D eigenvalue weighted by atomic mass is 9.79. The fourth-order valence-corrected chi connectivity index (χ4v) is 4.27. The van der Waals surface area contributed by atoms with Crippen molar-refractivity contribution in [2.45, 2.75) is 18.9 Å². The van der Waals surface area contributed by atoms with Crippen LogP contribution >= 0.6 is 0 Å². The topological polar surface area (TPSA) is 51.5 Å². The number of hydrogen-bond acceptors (Lipinski definition) is 3. The number of aryl methyl sites for hydroxylation is 1. The van der Waals surface area contributed by atoms with Crippen LogP contribution in [0.2, 0.25) is 0 Å². The predicted octanol–water partition coefficient (Wildman–Crippen LogP) is 3.65. The number of hydrogen-bond donors (Lipinski definition) is 0. The fourth-order valence-electron chi connectivity index (χ4n) is 4.27. The number of rotatable bonds is 3. The summed E-state index contributed by atoms with van der Waals surface area (Å²) < 4.78 is 7.20. The molecule has 0 radical (unpaired) electrons. The highest BCUT2D eigenvalue weighted by molar-refractivity contribution is 6.01. The van der Waals surface area contributed by atoms with Gasteiger partial charge in [-0.05, 0) is 24.6 Å². The quantitative estimate of drug-likeness (QED) is 0.668. The van der Waals surface area contributed by atoms with Crippen molar-refractivity contribution < 1.29 is 14.3 Å². The molecule has 2 atom stereocenters. The number of fused-ring (bicyclic) bond motifs is 2. The molecule has 2 heterocycles. The SMILES string of the molecule is CCN1C(=O)c2ccccc2[C@@H](C(=O)OC)[C@@H]1c1cn(C)c2ccccc12. The summed E-state index contributed by atoms with van der Waals surface area (Å²) in [6.07, 6.45) is 2.02. The van der Waals surface area contributed by atoms with Crippen molar-refractivity contribution in [2.75, 3.05) is 13.7 Å². The molecule has 1 aliphatic rings. The first-order valence-corrected chi connectivity index (χ1v) is 9.10. The van der Waals surface area contributed by atoms with Crippen LogP contribution in [0.15, 0.2) is 54.7 Å². The Labute approximate surface area is 158 Å². The third-order valence-electron chi connectivity index (χ3n) is 5.48. The van der Waals surface area contributed by atoms with Crippen LogP contribution < -0.4 is 0 Å². The van der Waals surface area contributed by atoms with Gasteiger partial charge in [0.05, 0.1) is 13.2 Å². The summed E-state index contributed by atoms with van der Waals surface area (Å²) in [6.45, 7) is 2.45. The van der Waals surface area contributed by atoms with E-state index in [0.29, 0.717) is 12.1 Å². The lowest BCUT2D eigenvalue weighted by Gasteiger charge is -2.40. The molecule has 0 unspecified atom stereocenters. The van der Waals surface area contributed by atoms with E-state index in [0.717, 1.165) is 22.0 Å². The number of para-hydroxylation sites is 1. The van der Waals surface area contributed by atoms with E-state index in [1.807, 2.05) is 67.2 Å². The monoisotopic (exact) mass is 362 g/mol. The minimum absolute atomic E-state index is 0.0498. The lowest BCUT2D eigenvalue weighted by Crippen LogP contribution is -2.45. The summed E-state index contributed by atoms with van der Waals surface area (Å²) in [5.74, 6) is -0.938. The molecule has 0 bridgehead atoms. The molecule has 5 nitrogen and oxygen atoms in total. The van der Waals surface area contributed by atoms with Crippen LogP contribution in [0, 0.1) is 0 Å². The molecule has 27 heavy (non-hydrogen) atoms. The van der Waals surface area contributed by atoms with Gasteiger partial charge in [0.1, 0.15) is 5.92 Å².